The van der Waals surface area contributed by atoms with Crippen LogP contribution in [0.15, 0.2) is 6.07 Å². The van der Waals surface area contributed by atoms with Crippen LogP contribution in [0.1, 0.15) is 49.5 Å². The number of hydrogen-bond acceptors (Lipinski definition) is 7. The first-order valence-corrected chi connectivity index (χ1v) is 12.8. The number of benzene rings is 1. The maximum atomic E-state index is 12.9. The first kappa shape index (κ1) is 25.9. The van der Waals surface area contributed by atoms with E-state index in [9.17, 15) is 9.59 Å². The number of anilines is 1. The van der Waals surface area contributed by atoms with Gasteiger partial charge in [-0.2, -0.15) is 0 Å². The fourth-order valence-corrected chi connectivity index (χ4v) is 5.12. The molecule has 3 heterocycles. The predicted octanol–water partition coefficient (Wildman–Crippen LogP) is 2.93. The van der Waals surface area contributed by atoms with Crippen LogP contribution in [0.3, 0.4) is 0 Å². The second-order valence-corrected chi connectivity index (χ2v) is 11.0. The zero-order chi connectivity index (χ0) is 25.2. The zero-order valence-electron chi connectivity index (χ0n) is 20.9. The number of nitrogens with zero attached hydrogens (tertiary/aromatic N) is 2. The standard InChI is InChI=1S/C25H37ClN4O5/c1-25(2,3)35-24(32)30-7-4-16(5-8-30)14-29-9-11-33-17(15-29)13-28-23(31)19-12-20(26)21(27)18-6-10-34-22(18)19/h12,16-17H,4-11,13-15,27H2,1-3H3,(H,28,31)/t17-/m0/s1. The summed E-state index contributed by atoms with van der Waals surface area (Å²) in [4.78, 5) is 29.4. The number of halogens is 1. The Morgan fingerprint density at radius 2 is 1.97 bits per heavy atom. The van der Waals surface area contributed by atoms with E-state index in [1.165, 1.54) is 0 Å². The smallest absolute Gasteiger partial charge is 0.410 e. The van der Waals surface area contributed by atoms with E-state index in [4.69, 9.17) is 31.5 Å². The molecule has 0 saturated carbocycles. The van der Waals surface area contributed by atoms with Crippen molar-refractivity contribution in [2.75, 3.05) is 58.2 Å². The van der Waals surface area contributed by atoms with Crippen molar-refractivity contribution < 1.29 is 23.8 Å². The fraction of sp³-hybridized carbons (Fsp3) is 0.680. The lowest BCUT2D eigenvalue weighted by molar-refractivity contribution is -0.0342. The number of ether oxygens (including phenoxy) is 3. The van der Waals surface area contributed by atoms with E-state index in [0.29, 0.717) is 54.1 Å². The minimum absolute atomic E-state index is 0.0900. The van der Waals surface area contributed by atoms with E-state index < -0.39 is 5.60 Å². The maximum Gasteiger partial charge on any atom is 0.410 e. The Kier molecular flexibility index (Phi) is 7.98. The van der Waals surface area contributed by atoms with Crippen LogP contribution >= 0.6 is 11.6 Å². The number of carbonyl (C=O) groups is 2. The first-order chi connectivity index (χ1) is 16.6. The van der Waals surface area contributed by atoms with Gasteiger partial charge in [0.1, 0.15) is 11.4 Å². The number of likely N-dealkylation sites (tertiary alicyclic amines) is 1. The lowest BCUT2D eigenvalue weighted by atomic mass is 9.96. The average Bonchev–Trinajstić information content (AvgIpc) is 3.30. The molecule has 10 heteroatoms. The number of amides is 2. The summed E-state index contributed by atoms with van der Waals surface area (Å²) < 4.78 is 17.1. The van der Waals surface area contributed by atoms with Crippen LogP contribution in [-0.2, 0) is 15.9 Å². The van der Waals surface area contributed by atoms with Gasteiger partial charge in [0, 0.05) is 51.3 Å². The molecule has 35 heavy (non-hydrogen) atoms. The van der Waals surface area contributed by atoms with Gasteiger partial charge >= 0.3 is 6.09 Å². The topological polar surface area (TPSA) is 106 Å². The molecule has 0 unspecified atom stereocenters. The Bertz CT molecular complexity index is 943. The van der Waals surface area contributed by atoms with Crippen molar-refractivity contribution in [3.8, 4) is 5.75 Å². The number of nitrogens with one attached hydrogen (secondary N) is 1. The number of carbonyl (C=O) groups excluding carboxylic acids is 2. The molecule has 9 nitrogen and oxygen atoms in total. The molecular formula is C25H37ClN4O5. The number of piperidine rings is 1. The van der Waals surface area contributed by atoms with Crippen LogP contribution in [0.2, 0.25) is 5.02 Å². The number of nitrogen functional groups attached to an aromatic ring is 1. The van der Waals surface area contributed by atoms with E-state index in [0.717, 1.165) is 51.1 Å². The molecule has 0 aliphatic carbocycles. The Labute approximate surface area is 212 Å². The summed E-state index contributed by atoms with van der Waals surface area (Å²) in [5.74, 6) is 0.826. The van der Waals surface area contributed by atoms with Gasteiger partial charge in [0.25, 0.3) is 5.91 Å². The van der Waals surface area contributed by atoms with Gasteiger partial charge in [0.05, 0.1) is 35.6 Å². The molecule has 0 bridgehead atoms. The first-order valence-electron chi connectivity index (χ1n) is 12.4. The van der Waals surface area contributed by atoms with Gasteiger partial charge in [0.15, 0.2) is 0 Å². The highest BCUT2D eigenvalue weighted by Crippen LogP contribution is 2.38. The van der Waals surface area contributed by atoms with Crippen molar-refractivity contribution in [3.05, 3.63) is 22.2 Å². The Balaban J connectivity index is 1.23. The van der Waals surface area contributed by atoms with E-state index >= 15 is 0 Å². The highest BCUT2D eigenvalue weighted by Gasteiger charge is 2.30. The van der Waals surface area contributed by atoms with Crippen LogP contribution in [0, 0.1) is 5.92 Å². The summed E-state index contributed by atoms with van der Waals surface area (Å²) in [6.45, 7) is 11.2. The lowest BCUT2D eigenvalue weighted by Crippen LogP contribution is -2.50. The van der Waals surface area contributed by atoms with Gasteiger partial charge in [0.2, 0.25) is 0 Å². The third-order valence-electron chi connectivity index (χ3n) is 6.71. The third kappa shape index (κ3) is 6.51. The molecule has 1 aromatic rings. The molecular weight excluding hydrogens is 472 g/mol. The molecule has 0 aromatic heterocycles. The zero-order valence-corrected chi connectivity index (χ0v) is 21.7. The molecule has 3 N–H and O–H groups in total. The van der Waals surface area contributed by atoms with Gasteiger partial charge in [-0.15, -0.1) is 0 Å². The monoisotopic (exact) mass is 508 g/mol. The van der Waals surface area contributed by atoms with Gasteiger partial charge < -0.3 is 30.2 Å². The fourth-order valence-electron chi connectivity index (χ4n) is 4.90. The van der Waals surface area contributed by atoms with E-state index in [1.54, 1.807) is 6.07 Å². The third-order valence-corrected chi connectivity index (χ3v) is 7.02. The van der Waals surface area contributed by atoms with Crippen LogP contribution in [0.4, 0.5) is 10.5 Å². The predicted molar refractivity (Wildman–Crippen MR) is 134 cm³/mol. The van der Waals surface area contributed by atoms with Crippen LogP contribution < -0.4 is 15.8 Å². The average molecular weight is 509 g/mol. The Morgan fingerprint density at radius 3 is 2.69 bits per heavy atom. The second kappa shape index (κ2) is 10.8. The second-order valence-electron chi connectivity index (χ2n) is 10.6. The van der Waals surface area contributed by atoms with E-state index in [1.807, 2.05) is 25.7 Å². The molecule has 194 valence electrons. The van der Waals surface area contributed by atoms with Crippen LogP contribution in [0.5, 0.6) is 5.75 Å². The SMILES string of the molecule is CC(C)(C)OC(=O)N1CCC(CN2CCO[C@@H](CNC(=O)c3cc(Cl)c(N)c4c3OCC4)C2)CC1. The number of hydrogen-bond donors (Lipinski definition) is 2. The minimum Gasteiger partial charge on any atom is -0.492 e. The minimum atomic E-state index is -0.473. The number of rotatable bonds is 5. The quantitative estimate of drug-likeness (QED) is 0.589. The van der Waals surface area contributed by atoms with Crippen molar-refractivity contribution >= 4 is 29.3 Å². The van der Waals surface area contributed by atoms with Gasteiger partial charge in [-0.3, -0.25) is 9.69 Å². The molecule has 2 saturated heterocycles. The van der Waals surface area contributed by atoms with Crippen LogP contribution in [0.25, 0.3) is 0 Å². The largest absolute Gasteiger partial charge is 0.492 e. The highest BCUT2D eigenvalue weighted by molar-refractivity contribution is 6.33. The normalized spacial score (nSPS) is 21.4. The number of nitrogens with two attached hydrogens (primary N) is 1. The summed E-state index contributed by atoms with van der Waals surface area (Å²) >= 11 is 6.24. The molecule has 0 radical (unpaired) electrons. The number of fused-ring (bicyclic) bond motifs is 1. The van der Waals surface area contributed by atoms with Gasteiger partial charge in [-0.25, -0.2) is 4.79 Å². The summed E-state index contributed by atoms with van der Waals surface area (Å²) in [5.41, 5.74) is 7.27. The molecule has 3 aliphatic heterocycles. The molecule has 2 fully saturated rings. The summed E-state index contributed by atoms with van der Waals surface area (Å²) in [6, 6.07) is 1.58. The summed E-state index contributed by atoms with van der Waals surface area (Å²) in [6.07, 6.45) is 2.26. The van der Waals surface area contributed by atoms with E-state index in [-0.39, 0.29) is 18.1 Å². The van der Waals surface area contributed by atoms with Crippen molar-refractivity contribution in [2.45, 2.75) is 51.7 Å². The number of morpholine rings is 1. The summed E-state index contributed by atoms with van der Waals surface area (Å²) in [7, 11) is 0. The van der Waals surface area contributed by atoms with Crippen LogP contribution in [-0.4, -0.2) is 86.0 Å². The van der Waals surface area contributed by atoms with Crippen molar-refractivity contribution in [3.63, 3.8) is 0 Å². The van der Waals surface area contributed by atoms with Gasteiger partial charge in [-0.1, -0.05) is 11.6 Å². The summed E-state index contributed by atoms with van der Waals surface area (Å²) in [5, 5.41) is 3.35. The molecule has 4 rings (SSSR count). The molecule has 2 amide bonds. The molecule has 1 aromatic carbocycles. The Morgan fingerprint density at radius 1 is 1.23 bits per heavy atom. The van der Waals surface area contributed by atoms with Gasteiger partial charge in [-0.05, 0) is 45.6 Å². The Hall–Kier alpha value is -2.23. The maximum absolute atomic E-state index is 12.9. The van der Waals surface area contributed by atoms with E-state index in [2.05, 4.69) is 10.2 Å². The molecule has 0 spiro atoms. The lowest BCUT2D eigenvalue weighted by Gasteiger charge is -2.38. The molecule has 1 atom stereocenters. The molecule has 3 aliphatic rings. The van der Waals surface area contributed by atoms with Crippen molar-refractivity contribution in [1.82, 2.24) is 15.1 Å². The highest BCUT2D eigenvalue weighted by atomic mass is 35.5. The van der Waals surface area contributed by atoms with Crippen molar-refractivity contribution in [2.24, 2.45) is 5.92 Å². The van der Waals surface area contributed by atoms with Crippen molar-refractivity contribution in [1.29, 1.82) is 0 Å².